The van der Waals surface area contributed by atoms with E-state index in [1.165, 1.54) is 0 Å². The molecule has 0 nitrogen and oxygen atoms in total. The molecule has 0 aliphatic heterocycles. The van der Waals surface area contributed by atoms with Crippen LogP contribution in [0, 0.1) is 29.1 Å². The third-order valence-corrected chi connectivity index (χ3v) is 2.44. The van der Waals surface area contributed by atoms with Crippen LogP contribution in [0.15, 0.2) is 0 Å². The van der Waals surface area contributed by atoms with Crippen LogP contribution < -0.4 is 0 Å². The van der Waals surface area contributed by atoms with Crippen molar-refractivity contribution in [1.29, 1.82) is 0 Å². The fraction of sp³-hybridized carbons (Fsp3) is 0.400. The van der Waals surface area contributed by atoms with Crippen molar-refractivity contribution in [2.24, 2.45) is 0 Å². The summed E-state index contributed by atoms with van der Waals surface area (Å²) in [6.45, 7) is 1.01. The average Bonchev–Trinajstić information content (AvgIpc) is 2.22. The van der Waals surface area contributed by atoms with Crippen LogP contribution >= 0.6 is 0 Å². The van der Waals surface area contributed by atoms with Crippen molar-refractivity contribution in [3.8, 4) is 0 Å². The zero-order valence-electron chi connectivity index (χ0n) is 8.72. The Bertz CT molecular complexity index is 418. The number of halogens is 7. The molecule has 17 heavy (non-hydrogen) atoms. The zero-order chi connectivity index (χ0) is 13.5. The molecular weight excluding hydrogens is 253 g/mol. The van der Waals surface area contributed by atoms with E-state index in [0.29, 0.717) is 13.8 Å². The standard InChI is InChI=1S/C10H7F7/c1-3(10(2,16)17)4-5(11)7(13)9(15)8(14)6(4)12/h3H,1-2H3. The molecule has 0 fully saturated rings. The number of benzene rings is 1. The second-order valence-corrected chi connectivity index (χ2v) is 3.66. The minimum absolute atomic E-state index is 0.329. The lowest BCUT2D eigenvalue weighted by atomic mass is 9.94. The number of hydrogen-bond donors (Lipinski definition) is 0. The number of rotatable bonds is 2. The van der Waals surface area contributed by atoms with Gasteiger partial charge in [0.05, 0.1) is 5.92 Å². The molecule has 0 spiro atoms. The summed E-state index contributed by atoms with van der Waals surface area (Å²) in [6.07, 6.45) is 0. The lowest BCUT2D eigenvalue weighted by Gasteiger charge is -2.21. The summed E-state index contributed by atoms with van der Waals surface area (Å²) in [5.74, 6) is -17.0. The minimum Gasteiger partial charge on any atom is -0.207 e. The molecule has 0 saturated heterocycles. The summed E-state index contributed by atoms with van der Waals surface area (Å²) in [4.78, 5) is 0. The molecule has 0 amide bonds. The Morgan fingerprint density at radius 3 is 1.35 bits per heavy atom. The lowest BCUT2D eigenvalue weighted by Crippen LogP contribution is -2.23. The maximum atomic E-state index is 13.1. The van der Waals surface area contributed by atoms with Crippen molar-refractivity contribution in [2.75, 3.05) is 0 Å². The van der Waals surface area contributed by atoms with Crippen molar-refractivity contribution in [1.82, 2.24) is 0 Å². The summed E-state index contributed by atoms with van der Waals surface area (Å²) in [7, 11) is 0. The topological polar surface area (TPSA) is 0 Å². The van der Waals surface area contributed by atoms with E-state index >= 15 is 0 Å². The Labute approximate surface area is 92.0 Å². The molecule has 0 bridgehead atoms. The van der Waals surface area contributed by atoms with Gasteiger partial charge in [0.15, 0.2) is 23.3 Å². The average molecular weight is 260 g/mol. The summed E-state index contributed by atoms with van der Waals surface area (Å²) in [6, 6.07) is 0. The van der Waals surface area contributed by atoms with Gasteiger partial charge in [-0.05, 0) is 6.92 Å². The van der Waals surface area contributed by atoms with Crippen LogP contribution in [-0.4, -0.2) is 5.92 Å². The highest BCUT2D eigenvalue weighted by Gasteiger charge is 2.38. The molecule has 0 radical (unpaired) electrons. The summed E-state index contributed by atoms with van der Waals surface area (Å²) in [5, 5.41) is 0. The van der Waals surface area contributed by atoms with Crippen LogP contribution in [-0.2, 0) is 0 Å². The van der Waals surface area contributed by atoms with Crippen molar-refractivity contribution in [3.63, 3.8) is 0 Å². The van der Waals surface area contributed by atoms with Gasteiger partial charge in [-0.25, -0.2) is 30.7 Å². The first kappa shape index (κ1) is 13.8. The first-order chi connectivity index (χ1) is 7.59. The Kier molecular flexibility index (Phi) is 3.40. The predicted molar refractivity (Wildman–Crippen MR) is 45.3 cm³/mol. The van der Waals surface area contributed by atoms with E-state index in [9.17, 15) is 30.7 Å². The van der Waals surface area contributed by atoms with Crippen LogP contribution in [0.4, 0.5) is 30.7 Å². The van der Waals surface area contributed by atoms with Crippen molar-refractivity contribution in [3.05, 3.63) is 34.6 Å². The van der Waals surface area contributed by atoms with Gasteiger partial charge < -0.3 is 0 Å². The zero-order valence-corrected chi connectivity index (χ0v) is 8.72. The maximum absolute atomic E-state index is 13.1. The maximum Gasteiger partial charge on any atom is 0.252 e. The molecular formula is C10H7F7. The van der Waals surface area contributed by atoms with Crippen LogP contribution in [0.25, 0.3) is 0 Å². The van der Waals surface area contributed by atoms with E-state index in [4.69, 9.17) is 0 Å². The summed E-state index contributed by atoms with van der Waals surface area (Å²) < 4.78 is 90.1. The Morgan fingerprint density at radius 2 is 1.06 bits per heavy atom. The molecule has 0 aliphatic rings. The van der Waals surface area contributed by atoms with Crippen LogP contribution in [0.2, 0.25) is 0 Å². The number of hydrogen-bond acceptors (Lipinski definition) is 0. The van der Waals surface area contributed by atoms with Gasteiger partial charge in [-0.1, -0.05) is 6.92 Å². The highest BCUT2D eigenvalue weighted by atomic mass is 19.3. The molecule has 1 atom stereocenters. The van der Waals surface area contributed by atoms with Gasteiger partial charge in [-0.15, -0.1) is 0 Å². The molecule has 7 heteroatoms. The first-order valence-electron chi connectivity index (χ1n) is 4.48. The second kappa shape index (κ2) is 4.19. The van der Waals surface area contributed by atoms with Gasteiger partial charge in [-0.2, -0.15) is 0 Å². The monoisotopic (exact) mass is 260 g/mol. The van der Waals surface area contributed by atoms with Gasteiger partial charge in [0, 0.05) is 5.56 Å². The van der Waals surface area contributed by atoms with E-state index in [0.717, 1.165) is 0 Å². The summed E-state index contributed by atoms with van der Waals surface area (Å²) in [5.41, 5.74) is -1.51. The van der Waals surface area contributed by atoms with E-state index in [1.807, 2.05) is 0 Å². The first-order valence-corrected chi connectivity index (χ1v) is 4.48. The Hall–Kier alpha value is -1.27. The smallest absolute Gasteiger partial charge is 0.207 e. The van der Waals surface area contributed by atoms with Crippen LogP contribution in [0.5, 0.6) is 0 Å². The van der Waals surface area contributed by atoms with Gasteiger partial charge in [-0.3, -0.25) is 0 Å². The highest BCUT2D eigenvalue weighted by molar-refractivity contribution is 5.28. The fourth-order valence-electron chi connectivity index (χ4n) is 1.26. The SMILES string of the molecule is CC(c1c(F)c(F)c(F)c(F)c1F)C(C)(F)F. The van der Waals surface area contributed by atoms with Crippen LogP contribution in [0.3, 0.4) is 0 Å². The normalized spacial score (nSPS) is 13.9. The predicted octanol–water partition coefficient (Wildman–Crippen LogP) is 4.14. The molecule has 96 valence electrons. The molecule has 0 N–H and O–H groups in total. The van der Waals surface area contributed by atoms with E-state index in [2.05, 4.69) is 0 Å². The summed E-state index contributed by atoms with van der Waals surface area (Å²) >= 11 is 0. The van der Waals surface area contributed by atoms with Gasteiger partial charge in [0.2, 0.25) is 5.82 Å². The van der Waals surface area contributed by atoms with Crippen molar-refractivity contribution < 1.29 is 30.7 Å². The molecule has 0 heterocycles. The number of alkyl halides is 2. The quantitative estimate of drug-likeness (QED) is 0.426. The molecule has 1 aromatic carbocycles. The van der Waals surface area contributed by atoms with E-state index in [-0.39, 0.29) is 0 Å². The van der Waals surface area contributed by atoms with Gasteiger partial charge in [0.1, 0.15) is 0 Å². The molecule has 0 aromatic heterocycles. The largest absolute Gasteiger partial charge is 0.252 e. The van der Waals surface area contributed by atoms with E-state index < -0.39 is 46.5 Å². The Morgan fingerprint density at radius 1 is 0.765 bits per heavy atom. The third-order valence-electron chi connectivity index (χ3n) is 2.44. The molecule has 1 unspecified atom stereocenters. The molecule has 1 rings (SSSR count). The van der Waals surface area contributed by atoms with E-state index in [1.54, 1.807) is 0 Å². The lowest BCUT2D eigenvalue weighted by molar-refractivity contribution is -0.00483. The fourth-order valence-corrected chi connectivity index (χ4v) is 1.26. The second-order valence-electron chi connectivity index (χ2n) is 3.66. The van der Waals surface area contributed by atoms with Crippen LogP contribution in [0.1, 0.15) is 25.3 Å². The van der Waals surface area contributed by atoms with Gasteiger partial charge in [0.25, 0.3) is 5.92 Å². The highest BCUT2D eigenvalue weighted by Crippen LogP contribution is 2.37. The van der Waals surface area contributed by atoms with Crippen molar-refractivity contribution >= 4 is 0 Å². The minimum atomic E-state index is -3.61. The molecule has 1 aromatic rings. The molecule has 0 aliphatic carbocycles. The third kappa shape index (κ3) is 2.23. The van der Waals surface area contributed by atoms with Gasteiger partial charge >= 0.3 is 0 Å². The van der Waals surface area contributed by atoms with Crippen molar-refractivity contribution in [2.45, 2.75) is 25.7 Å². The molecule has 0 saturated carbocycles. The Balaban J connectivity index is 3.55.